The van der Waals surface area contributed by atoms with E-state index in [0.29, 0.717) is 22.4 Å². The number of furan rings is 1. The van der Waals surface area contributed by atoms with Gasteiger partial charge in [0.1, 0.15) is 5.58 Å². The fourth-order valence-corrected chi connectivity index (χ4v) is 8.62. The van der Waals surface area contributed by atoms with E-state index in [1.165, 1.54) is 17.4 Å². The van der Waals surface area contributed by atoms with Gasteiger partial charge in [0.05, 0.1) is 13.7 Å². The minimum atomic E-state index is -2.53. The largest absolute Gasteiger partial charge is 0.500 e. The summed E-state index contributed by atoms with van der Waals surface area (Å²) in [7, 11) is -1.61. The second-order valence-corrected chi connectivity index (χ2v) is 20.0. The topological polar surface area (TPSA) is 38.9 Å². The van der Waals surface area contributed by atoms with Crippen molar-refractivity contribution in [1.82, 2.24) is 9.97 Å². The monoisotopic (exact) mass is 932 g/mol. The van der Waals surface area contributed by atoms with Crippen LogP contribution in [0.5, 0.6) is 0 Å². The Bertz CT molecular complexity index is 3190. The number of pyridine rings is 2. The first-order chi connectivity index (χ1) is 30.0. The van der Waals surface area contributed by atoms with Gasteiger partial charge in [0.25, 0.3) is 0 Å². The molecule has 0 bridgehead atoms. The quantitative estimate of drug-likeness (QED) is 0.0947. The molecule has 3 heterocycles. The Morgan fingerprint density at radius 2 is 1.46 bits per heavy atom. The zero-order chi connectivity index (χ0) is 46.0. The summed E-state index contributed by atoms with van der Waals surface area (Å²) in [6, 6.07) is 43.5. The molecule has 0 unspecified atom stereocenters. The van der Waals surface area contributed by atoms with Gasteiger partial charge in [-0.15, -0.1) is 59.2 Å². The summed E-state index contributed by atoms with van der Waals surface area (Å²) in [6.07, 6.45) is 1.11. The van der Waals surface area contributed by atoms with Crippen molar-refractivity contribution < 1.29 is 36.9 Å². The molecule has 0 fully saturated rings. The van der Waals surface area contributed by atoms with E-state index in [1.54, 1.807) is 54.6 Å². The van der Waals surface area contributed by atoms with E-state index in [4.69, 9.17) is 16.8 Å². The zero-order valence-corrected chi connectivity index (χ0v) is 35.2. The van der Waals surface area contributed by atoms with Gasteiger partial charge in [-0.05, 0) is 80.0 Å². The van der Waals surface area contributed by atoms with Gasteiger partial charge in [-0.1, -0.05) is 136 Å². The van der Waals surface area contributed by atoms with Crippen molar-refractivity contribution in [2.75, 3.05) is 0 Å². The average molecular weight is 932 g/mol. The summed E-state index contributed by atoms with van der Waals surface area (Å²) < 4.78 is 79.0. The van der Waals surface area contributed by atoms with E-state index in [0.717, 1.165) is 54.7 Å². The summed E-state index contributed by atoms with van der Waals surface area (Å²) in [5.74, 6) is -0.716. The van der Waals surface area contributed by atoms with Gasteiger partial charge in [0.15, 0.2) is 0 Å². The molecule has 3 nitrogen and oxygen atoms in total. The molecule has 0 aliphatic heterocycles. The van der Waals surface area contributed by atoms with E-state index in [2.05, 4.69) is 72.1 Å². The fraction of sp³-hybridized carbons (Fsp3) is 0.176. The first-order valence-electron chi connectivity index (χ1n) is 22.8. The van der Waals surface area contributed by atoms with Crippen LogP contribution in [-0.4, -0.2) is 18.0 Å². The molecule has 9 rings (SSSR count). The summed E-state index contributed by atoms with van der Waals surface area (Å²) in [4.78, 5) is 9.03. The first-order valence-corrected chi connectivity index (χ1v) is 21.8. The molecule has 0 saturated heterocycles. The predicted molar refractivity (Wildman–Crippen MR) is 235 cm³/mol. The number of hydrogen-bond acceptors (Lipinski definition) is 3. The van der Waals surface area contributed by atoms with E-state index < -0.39 is 34.0 Å². The van der Waals surface area contributed by atoms with Crippen LogP contribution in [0, 0.1) is 25.8 Å². The Hall–Kier alpha value is -5.19. The van der Waals surface area contributed by atoms with Crippen molar-refractivity contribution in [3.05, 3.63) is 174 Å². The van der Waals surface area contributed by atoms with Crippen LogP contribution < -0.4 is 5.19 Å². The SMILES string of the molecule is [2H]C([2H])([2H])c1c[c-]c(-c2cc(C([2H])(C)C)c([Si](C)(C)C)cn2)cc1.[2H]C([2H])([2H])c1cnc(-c2[c-]cc3oc4ccc5c6ccccc6ccc5c4c3c2)cc1C([2H])([2H])c1ccccc1.[Ir]. The average Bonchev–Trinajstić information content (AvgIpc) is 3.64. The maximum Gasteiger partial charge on any atom is 0.121 e. The van der Waals surface area contributed by atoms with Crippen LogP contribution in [0.4, 0.5) is 0 Å². The van der Waals surface area contributed by atoms with Gasteiger partial charge in [-0.2, -0.15) is 0 Å². The second-order valence-electron chi connectivity index (χ2n) is 15.0. The van der Waals surface area contributed by atoms with Crippen molar-refractivity contribution in [3.8, 4) is 22.5 Å². The van der Waals surface area contributed by atoms with Crippen LogP contribution in [0.25, 0.3) is 66.0 Å². The number of benzene rings is 6. The Kier molecular flexibility index (Phi) is 8.37. The smallest absolute Gasteiger partial charge is 0.121 e. The van der Waals surface area contributed by atoms with Crippen molar-refractivity contribution in [2.24, 2.45) is 0 Å². The standard InChI is InChI=1S/C33H22NO.C18H24NSi.Ir/c1-21-20-34-30(19-25(21)17-22-7-3-2-4-8-22)24-12-15-31-29(18-24)33-28-13-11-23-9-5-6-10-26(23)27(28)14-16-32(33)35-31;1-13(2)16-11-17(15-9-7-14(3)8-10-15)19-12-18(16)20(4,5)6;/h2-11,13-16,18-20H,17H2,1H3;7-9,11-13H,1-6H3;/q2*-1;/i1D3,17D2;3D3,13D;. The van der Waals surface area contributed by atoms with Crippen LogP contribution >= 0.6 is 0 Å². The second kappa shape index (κ2) is 16.1. The van der Waals surface area contributed by atoms with Crippen molar-refractivity contribution >= 4 is 56.7 Å². The number of nitrogens with zero attached hydrogens (tertiary/aromatic N) is 2. The molecule has 0 atom stereocenters. The van der Waals surface area contributed by atoms with Crippen LogP contribution in [0.2, 0.25) is 19.6 Å². The zero-order valence-electron chi connectivity index (χ0n) is 40.8. The Morgan fingerprint density at radius 1 is 0.714 bits per heavy atom. The Labute approximate surface area is 357 Å². The minimum Gasteiger partial charge on any atom is -0.500 e. The fourth-order valence-electron chi connectivity index (χ4n) is 7.04. The molecule has 9 aromatic rings. The molecule has 0 amide bonds. The molecule has 0 spiro atoms. The van der Waals surface area contributed by atoms with Crippen molar-refractivity contribution in [1.29, 1.82) is 0 Å². The summed E-state index contributed by atoms with van der Waals surface area (Å²) in [6.45, 7) is 5.86. The van der Waals surface area contributed by atoms with Crippen LogP contribution in [0.3, 0.4) is 0 Å². The molecule has 0 N–H and O–H groups in total. The van der Waals surface area contributed by atoms with Crippen LogP contribution in [0.15, 0.2) is 138 Å². The Balaban J connectivity index is 0.000000217. The van der Waals surface area contributed by atoms with Gasteiger partial charge in [0.2, 0.25) is 0 Å². The molecular formula is C51H46IrN2OSi-2. The molecular weight excluding hydrogens is 877 g/mol. The van der Waals surface area contributed by atoms with E-state index in [-0.39, 0.29) is 36.8 Å². The number of fused-ring (bicyclic) bond motifs is 7. The molecule has 5 heteroatoms. The molecule has 56 heavy (non-hydrogen) atoms. The first kappa shape index (κ1) is 29.1. The van der Waals surface area contributed by atoms with Crippen molar-refractivity contribution in [2.45, 2.75) is 59.5 Å². The molecule has 281 valence electrons. The van der Waals surface area contributed by atoms with Gasteiger partial charge in [0, 0.05) is 50.2 Å². The normalized spacial score (nSPS) is 14.8. The predicted octanol–water partition coefficient (Wildman–Crippen LogP) is 13.2. The van der Waals surface area contributed by atoms with Gasteiger partial charge >= 0.3 is 0 Å². The number of aryl methyl sites for hydroxylation is 2. The number of aromatic nitrogens is 2. The van der Waals surface area contributed by atoms with E-state index in [9.17, 15) is 0 Å². The third-order valence-electron chi connectivity index (χ3n) is 9.86. The molecule has 0 aliphatic carbocycles. The number of hydrogen-bond donors (Lipinski definition) is 0. The third-order valence-corrected chi connectivity index (χ3v) is 11.9. The van der Waals surface area contributed by atoms with E-state index in [1.807, 2.05) is 50.4 Å². The Morgan fingerprint density at radius 3 is 2.21 bits per heavy atom. The van der Waals surface area contributed by atoms with Gasteiger partial charge < -0.3 is 14.4 Å². The van der Waals surface area contributed by atoms with Crippen molar-refractivity contribution in [3.63, 3.8) is 0 Å². The summed E-state index contributed by atoms with van der Waals surface area (Å²) >= 11 is 0. The molecule has 0 saturated carbocycles. The van der Waals surface area contributed by atoms with Gasteiger partial charge in [-0.3, -0.25) is 0 Å². The minimum absolute atomic E-state index is 0. The summed E-state index contributed by atoms with van der Waals surface area (Å²) in [5, 5.41) is 7.57. The number of rotatable bonds is 6. The maximum atomic E-state index is 8.92. The third kappa shape index (κ3) is 7.90. The van der Waals surface area contributed by atoms with Crippen LogP contribution in [-0.2, 0) is 26.5 Å². The molecule has 6 aromatic carbocycles. The molecule has 0 aliphatic rings. The summed E-state index contributed by atoms with van der Waals surface area (Å²) in [5.41, 5.74) is 5.54. The molecule has 1 radical (unpaired) electrons. The maximum absolute atomic E-state index is 8.92. The van der Waals surface area contributed by atoms with E-state index >= 15 is 0 Å². The van der Waals surface area contributed by atoms with Gasteiger partial charge in [-0.25, -0.2) is 0 Å². The molecule has 3 aromatic heterocycles. The van der Waals surface area contributed by atoms with Crippen LogP contribution in [0.1, 0.15) is 59.9 Å².